The van der Waals surface area contributed by atoms with E-state index >= 15 is 0 Å². The lowest BCUT2D eigenvalue weighted by Crippen LogP contribution is -2.14. The van der Waals surface area contributed by atoms with Gasteiger partial charge < -0.3 is 10.6 Å². The molecule has 2 N–H and O–H groups in total. The van der Waals surface area contributed by atoms with Crippen LogP contribution in [0.5, 0.6) is 0 Å². The fourth-order valence-corrected chi connectivity index (χ4v) is 2.35. The number of rotatable bonds is 4. The van der Waals surface area contributed by atoms with Crippen molar-refractivity contribution in [3.63, 3.8) is 0 Å². The van der Waals surface area contributed by atoms with Crippen LogP contribution >= 0.6 is 0 Å². The molecule has 108 valence electrons. The van der Waals surface area contributed by atoms with Crippen molar-refractivity contribution in [1.82, 2.24) is 4.98 Å². The van der Waals surface area contributed by atoms with Gasteiger partial charge in [0, 0.05) is 23.6 Å². The van der Waals surface area contributed by atoms with Gasteiger partial charge in [-0.3, -0.25) is 9.78 Å². The van der Waals surface area contributed by atoms with Crippen molar-refractivity contribution in [3.05, 3.63) is 53.3 Å². The summed E-state index contributed by atoms with van der Waals surface area (Å²) in [6, 6.07) is 10.2. The lowest BCUT2D eigenvalue weighted by atomic mass is 10.1. The van der Waals surface area contributed by atoms with Crippen LogP contribution in [0, 0.1) is 13.8 Å². The Labute approximate surface area is 124 Å². The maximum absolute atomic E-state index is 12.3. The van der Waals surface area contributed by atoms with Gasteiger partial charge in [-0.15, -0.1) is 0 Å². The number of hydrogen-bond acceptors (Lipinski definition) is 3. The van der Waals surface area contributed by atoms with E-state index in [9.17, 15) is 4.79 Å². The molecule has 2 aromatic rings. The summed E-state index contributed by atoms with van der Waals surface area (Å²) in [5.41, 5.74) is 4.45. The van der Waals surface area contributed by atoms with Gasteiger partial charge in [-0.2, -0.15) is 0 Å². The summed E-state index contributed by atoms with van der Waals surface area (Å²) in [6.07, 6.45) is 4.07. The number of carbonyl (C=O) groups excluding carboxylic acids is 1. The highest BCUT2D eigenvalue weighted by Gasteiger charge is 2.21. The maximum Gasteiger partial charge on any atom is 0.274 e. The molecule has 1 fully saturated rings. The third kappa shape index (κ3) is 3.60. The standard InChI is InChI=1S/C17H19N3O/c1-11-7-12(2)9-15(8-11)20-17(21)16-10-14(5-6-18-16)19-13-3-4-13/h5-10,13H,3-4H2,1-2H3,(H,18,19)(H,20,21). The molecule has 1 amide bonds. The number of nitrogens with one attached hydrogen (secondary N) is 2. The van der Waals surface area contributed by atoms with Crippen LogP contribution in [0.2, 0.25) is 0 Å². The van der Waals surface area contributed by atoms with Gasteiger partial charge in [-0.05, 0) is 62.1 Å². The average molecular weight is 281 g/mol. The molecule has 0 aliphatic heterocycles. The lowest BCUT2D eigenvalue weighted by molar-refractivity contribution is 0.102. The zero-order valence-corrected chi connectivity index (χ0v) is 12.3. The Hall–Kier alpha value is -2.36. The van der Waals surface area contributed by atoms with Gasteiger partial charge in [0.1, 0.15) is 5.69 Å². The number of nitrogens with zero attached hydrogens (tertiary/aromatic N) is 1. The number of aryl methyl sites for hydroxylation is 2. The van der Waals surface area contributed by atoms with Crippen LogP contribution in [0.25, 0.3) is 0 Å². The van der Waals surface area contributed by atoms with Gasteiger partial charge in [-0.1, -0.05) is 6.07 Å². The minimum Gasteiger partial charge on any atom is -0.382 e. The Bertz CT molecular complexity index is 657. The second kappa shape index (κ2) is 5.56. The van der Waals surface area contributed by atoms with Crippen LogP contribution in [0.4, 0.5) is 11.4 Å². The van der Waals surface area contributed by atoms with Crippen LogP contribution in [0.15, 0.2) is 36.5 Å². The molecule has 4 heteroatoms. The molecule has 0 radical (unpaired) electrons. The number of anilines is 2. The first-order valence-corrected chi connectivity index (χ1v) is 7.22. The lowest BCUT2D eigenvalue weighted by Gasteiger charge is -2.09. The highest BCUT2D eigenvalue weighted by molar-refractivity contribution is 6.03. The first-order chi connectivity index (χ1) is 10.1. The molecular weight excluding hydrogens is 262 g/mol. The van der Waals surface area contributed by atoms with Gasteiger partial charge in [0.2, 0.25) is 0 Å². The summed E-state index contributed by atoms with van der Waals surface area (Å²) in [4.78, 5) is 16.4. The molecule has 4 nitrogen and oxygen atoms in total. The number of hydrogen-bond donors (Lipinski definition) is 2. The number of pyridine rings is 1. The number of carbonyl (C=O) groups is 1. The predicted octanol–water partition coefficient (Wildman–Crippen LogP) is 3.53. The van der Waals surface area contributed by atoms with Crippen LogP contribution in [-0.4, -0.2) is 16.9 Å². The van der Waals surface area contributed by atoms with Crippen molar-refractivity contribution in [2.75, 3.05) is 10.6 Å². The Kier molecular flexibility index (Phi) is 3.60. The smallest absolute Gasteiger partial charge is 0.274 e. The van der Waals surface area contributed by atoms with E-state index in [1.54, 1.807) is 12.3 Å². The largest absolute Gasteiger partial charge is 0.382 e. The van der Waals surface area contributed by atoms with Crippen LogP contribution in [0.3, 0.4) is 0 Å². The third-order valence-corrected chi connectivity index (χ3v) is 3.42. The summed E-state index contributed by atoms with van der Waals surface area (Å²) < 4.78 is 0. The zero-order chi connectivity index (χ0) is 14.8. The summed E-state index contributed by atoms with van der Waals surface area (Å²) in [6.45, 7) is 4.03. The molecule has 0 unspecified atom stereocenters. The van der Waals surface area contributed by atoms with Crippen LogP contribution in [0.1, 0.15) is 34.5 Å². The molecule has 0 saturated heterocycles. The zero-order valence-electron chi connectivity index (χ0n) is 12.3. The van der Waals surface area contributed by atoms with Crippen molar-refractivity contribution in [3.8, 4) is 0 Å². The van der Waals surface area contributed by atoms with E-state index in [1.165, 1.54) is 12.8 Å². The Balaban J connectivity index is 1.74. The van der Waals surface area contributed by atoms with Crippen molar-refractivity contribution in [2.45, 2.75) is 32.7 Å². The highest BCUT2D eigenvalue weighted by Crippen LogP contribution is 2.24. The molecule has 21 heavy (non-hydrogen) atoms. The van der Waals surface area contributed by atoms with E-state index in [-0.39, 0.29) is 5.91 Å². The van der Waals surface area contributed by atoms with Crippen molar-refractivity contribution < 1.29 is 4.79 Å². The van der Waals surface area contributed by atoms with Crippen LogP contribution in [-0.2, 0) is 0 Å². The van der Waals surface area contributed by atoms with Crippen molar-refractivity contribution >= 4 is 17.3 Å². The molecule has 0 atom stereocenters. The summed E-state index contributed by atoms with van der Waals surface area (Å²) in [7, 11) is 0. The first kappa shape index (κ1) is 13.6. The fraction of sp³-hybridized carbons (Fsp3) is 0.294. The van der Waals surface area contributed by atoms with E-state index in [0.717, 1.165) is 22.5 Å². The molecule has 0 spiro atoms. The van der Waals surface area contributed by atoms with E-state index in [4.69, 9.17) is 0 Å². The molecule has 3 rings (SSSR count). The molecule has 0 bridgehead atoms. The number of amides is 1. The Morgan fingerprint density at radius 3 is 2.48 bits per heavy atom. The highest BCUT2D eigenvalue weighted by atomic mass is 16.1. The molecule has 1 saturated carbocycles. The van der Waals surface area contributed by atoms with E-state index < -0.39 is 0 Å². The minimum absolute atomic E-state index is 0.181. The molecule has 1 heterocycles. The van der Waals surface area contributed by atoms with Crippen LogP contribution < -0.4 is 10.6 Å². The SMILES string of the molecule is Cc1cc(C)cc(NC(=O)c2cc(NC3CC3)ccn2)c1. The summed E-state index contributed by atoms with van der Waals surface area (Å²) in [5.74, 6) is -0.181. The maximum atomic E-state index is 12.3. The minimum atomic E-state index is -0.181. The van der Waals surface area contributed by atoms with Gasteiger partial charge in [0.05, 0.1) is 0 Å². The summed E-state index contributed by atoms with van der Waals surface area (Å²) in [5, 5.41) is 6.28. The van der Waals surface area contributed by atoms with Gasteiger partial charge in [0.15, 0.2) is 0 Å². The van der Waals surface area contributed by atoms with Crippen molar-refractivity contribution in [1.29, 1.82) is 0 Å². The van der Waals surface area contributed by atoms with Gasteiger partial charge in [0.25, 0.3) is 5.91 Å². The molecule has 1 aromatic heterocycles. The molecule has 1 aromatic carbocycles. The molecular formula is C17H19N3O. The second-order valence-electron chi connectivity index (χ2n) is 5.68. The molecule has 1 aliphatic carbocycles. The summed E-state index contributed by atoms with van der Waals surface area (Å²) >= 11 is 0. The second-order valence-corrected chi connectivity index (χ2v) is 5.68. The van der Waals surface area contributed by atoms with E-state index in [0.29, 0.717) is 11.7 Å². The monoisotopic (exact) mass is 281 g/mol. The van der Waals surface area contributed by atoms with E-state index in [2.05, 4.69) is 21.7 Å². The quantitative estimate of drug-likeness (QED) is 0.901. The van der Waals surface area contributed by atoms with Crippen molar-refractivity contribution in [2.24, 2.45) is 0 Å². The average Bonchev–Trinajstić information content (AvgIpc) is 3.21. The first-order valence-electron chi connectivity index (χ1n) is 7.22. The normalized spacial score (nSPS) is 13.8. The third-order valence-electron chi connectivity index (χ3n) is 3.42. The van der Waals surface area contributed by atoms with Gasteiger partial charge >= 0.3 is 0 Å². The van der Waals surface area contributed by atoms with Gasteiger partial charge in [-0.25, -0.2) is 0 Å². The Morgan fingerprint density at radius 1 is 1.10 bits per heavy atom. The fourth-order valence-electron chi connectivity index (χ4n) is 2.35. The molecule has 1 aliphatic rings. The predicted molar refractivity (Wildman–Crippen MR) is 84.8 cm³/mol. The number of aromatic nitrogens is 1. The van der Waals surface area contributed by atoms with E-state index in [1.807, 2.05) is 32.0 Å². The Morgan fingerprint density at radius 2 is 1.81 bits per heavy atom. The number of benzene rings is 1. The topological polar surface area (TPSA) is 54.0 Å².